The zero-order valence-corrected chi connectivity index (χ0v) is 19.4. The third kappa shape index (κ3) is 6.54. The smallest absolute Gasteiger partial charge is 0.214 e. The topological polar surface area (TPSA) is 64.9 Å². The van der Waals surface area contributed by atoms with Crippen molar-refractivity contribution in [2.45, 2.75) is 24.7 Å². The van der Waals surface area contributed by atoms with Gasteiger partial charge in [-0.3, -0.25) is 0 Å². The molecule has 0 saturated heterocycles. The molecule has 33 heavy (non-hydrogen) atoms. The van der Waals surface area contributed by atoms with Crippen LogP contribution in [0.1, 0.15) is 17.5 Å². The second kappa shape index (κ2) is 11.8. The molecule has 4 aromatic rings. The third-order valence-corrected chi connectivity index (χ3v) is 6.23. The number of ether oxygens (including phenoxy) is 1. The van der Waals surface area contributed by atoms with E-state index in [0.717, 1.165) is 41.7 Å². The molecule has 170 valence electrons. The number of aromatic nitrogens is 4. The zero-order chi connectivity index (χ0) is 22.9. The van der Waals surface area contributed by atoms with Crippen molar-refractivity contribution in [1.82, 2.24) is 25.5 Å². The standard InChI is InChI=1S/C24H23ClFN5OS/c25-22-8-4-9-23(26)21(22)17-32-20-12-10-18(11-13-20)16-27-14-5-15-33-24-28-29-30-31(24)19-6-2-1-3-7-19/h1-4,6-13,27H,5,14-17H2. The van der Waals surface area contributed by atoms with Gasteiger partial charge in [0, 0.05) is 17.9 Å². The lowest BCUT2D eigenvalue weighted by Crippen LogP contribution is -2.15. The molecular formula is C24H23ClFN5OS. The first-order valence-electron chi connectivity index (χ1n) is 10.5. The van der Waals surface area contributed by atoms with E-state index in [4.69, 9.17) is 16.3 Å². The van der Waals surface area contributed by atoms with E-state index in [1.54, 1.807) is 28.6 Å². The predicted octanol–water partition coefficient (Wildman–Crippen LogP) is 5.31. The Bertz CT molecular complexity index is 1140. The Kier molecular flexibility index (Phi) is 8.30. The summed E-state index contributed by atoms with van der Waals surface area (Å²) in [5.41, 5.74) is 2.46. The number of thioether (sulfide) groups is 1. The minimum Gasteiger partial charge on any atom is -0.489 e. The lowest BCUT2D eigenvalue weighted by atomic mass is 10.2. The summed E-state index contributed by atoms with van der Waals surface area (Å²) in [6.07, 6.45) is 0.983. The van der Waals surface area contributed by atoms with Gasteiger partial charge in [-0.15, -0.1) is 5.10 Å². The molecule has 0 aliphatic heterocycles. The summed E-state index contributed by atoms with van der Waals surface area (Å²) in [5.74, 6) is 1.22. The van der Waals surface area contributed by atoms with E-state index in [-0.39, 0.29) is 12.4 Å². The largest absolute Gasteiger partial charge is 0.489 e. The average molecular weight is 484 g/mol. The summed E-state index contributed by atoms with van der Waals surface area (Å²) in [7, 11) is 0. The predicted molar refractivity (Wildman–Crippen MR) is 128 cm³/mol. The number of nitrogens with zero attached hydrogens (tertiary/aromatic N) is 4. The van der Waals surface area contributed by atoms with Crippen molar-refractivity contribution in [3.05, 3.63) is 94.8 Å². The molecule has 0 unspecified atom stereocenters. The second-order valence-electron chi connectivity index (χ2n) is 7.22. The molecule has 0 atom stereocenters. The highest BCUT2D eigenvalue weighted by Gasteiger charge is 2.09. The van der Waals surface area contributed by atoms with Crippen molar-refractivity contribution >= 4 is 23.4 Å². The molecule has 9 heteroatoms. The molecule has 1 N–H and O–H groups in total. The van der Waals surface area contributed by atoms with Crippen molar-refractivity contribution in [3.63, 3.8) is 0 Å². The SMILES string of the molecule is Fc1cccc(Cl)c1COc1ccc(CNCCCSc2nnnn2-c2ccccc2)cc1. The Labute approximate surface area is 201 Å². The molecule has 6 nitrogen and oxygen atoms in total. The van der Waals surface area contributed by atoms with Gasteiger partial charge in [0.1, 0.15) is 18.2 Å². The summed E-state index contributed by atoms with van der Waals surface area (Å²) in [6, 6.07) is 22.2. The molecule has 0 spiro atoms. The number of nitrogens with one attached hydrogen (secondary N) is 1. The van der Waals surface area contributed by atoms with Gasteiger partial charge in [-0.25, -0.2) is 4.39 Å². The number of benzene rings is 3. The molecule has 4 rings (SSSR count). The molecular weight excluding hydrogens is 461 g/mol. The monoisotopic (exact) mass is 483 g/mol. The number of para-hydroxylation sites is 1. The Hall–Kier alpha value is -2.94. The van der Waals surface area contributed by atoms with E-state index >= 15 is 0 Å². The van der Waals surface area contributed by atoms with Crippen LogP contribution in [0.15, 0.2) is 78.0 Å². The van der Waals surface area contributed by atoms with Crippen LogP contribution in [0.25, 0.3) is 5.69 Å². The van der Waals surface area contributed by atoms with Crippen LogP contribution < -0.4 is 10.1 Å². The first-order valence-corrected chi connectivity index (χ1v) is 11.9. The fourth-order valence-electron chi connectivity index (χ4n) is 3.12. The van der Waals surface area contributed by atoms with Gasteiger partial charge in [0.25, 0.3) is 0 Å². The van der Waals surface area contributed by atoms with Gasteiger partial charge in [-0.1, -0.05) is 59.8 Å². The van der Waals surface area contributed by atoms with E-state index < -0.39 is 0 Å². The summed E-state index contributed by atoms with van der Waals surface area (Å²) in [4.78, 5) is 0. The molecule has 0 radical (unpaired) electrons. The molecule has 0 saturated carbocycles. The van der Waals surface area contributed by atoms with E-state index in [1.165, 1.54) is 6.07 Å². The van der Waals surface area contributed by atoms with Crippen LogP contribution >= 0.6 is 23.4 Å². The van der Waals surface area contributed by atoms with E-state index in [1.807, 2.05) is 54.6 Å². The van der Waals surface area contributed by atoms with Crippen LogP contribution in [-0.2, 0) is 13.2 Å². The number of rotatable bonds is 11. The fraction of sp³-hybridized carbons (Fsp3) is 0.208. The highest BCUT2D eigenvalue weighted by Crippen LogP contribution is 2.22. The average Bonchev–Trinajstić information content (AvgIpc) is 3.31. The first-order chi connectivity index (χ1) is 16.2. The Morgan fingerprint density at radius 2 is 1.82 bits per heavy atom. The Morgan fingerprint density at radius 3 is 2.61 bits per heavy atom. The maximum atomic E-state index is 13.8. The summed E-state index contributed by atoms with van der Waals surface area (Å²) in [5, 5.41) is 16.6. The molecule has 0 aliphatic carbocycles. The Morgan fingerprint density at radius 1 is 1.00 bits per heavy atom. The zero-order valence-electron chi connectivity index (χ0n) is 17.8. The molecule has 0 amide bonds. The quantitative estimate of drug-likeness (QED) is 0.230. The molecule has 1 heterocycles. The highest BCUT2D eigenvalue weighted by molar-refractivity contribution is 7.99. The van der Waals surface area contributed by atoms with Crippen molar-refractivity contribution in [2.24, 2.45) is 0 Å². The number of hydrogen-bond acceptors (Lipinski definition) is 6. The summed E-state index contributed by atoms with van der Waals surface area (Å²) >= 11 is 7.68. The summed E-state index contributed by atoms with van der Waals surface area (Å²) < 4.78 is 21.3. The van der Waals surface area contributed by atoms with Crippen LogP contribution in [0, 0.1) is 5.82 Å². The normalized spacial score (nSPS) is 11.0. The van der Waals surface area contributed by atoms with Gasteiger partial charge in [0.2, 0.25) is 5.16 Å². The number of halogens is 2. The van der Waals surface area contributed by atoms with Gasteiger partial charge >= 0.3 is 0 Å². The first kappa shape index (κ1) is 23.2. The minimum atomic E-state index is -0.363. The molecule has 0 aliphatic rings. The van der Waals surface area contributed by atoms with Gasteiger partial charge < -0.3 is 10.1 Å². The van der Waals surface area contributed by atoms with E-state index in [2.05, 4.69) is 20.8 Å². The summed E-state index contributed by atoms with van der Waals surface area (Å²) in [6.45, 7) is 1.73. The number of tetrazole rings is 1. The van der Waals surface area contributed by atoms with Crippen LogP contribution in [-0.4, -0.2) is 32.5 Å². The fourth-order valence-corrected chi connectivity index (χ4v) is 4.17. The van der Waals surface area contributed by atoms with Gasteiger partial charge in [-0.05, 0) is 65.4 Å². The molecule has 0 bridgehead atoms. The van der Waals surface area contributed by atoms with Crippen molar-refractivity contribution in [3.8, 4) is 11.4 Å². The van der Waals surface area contributed by atoms with Crippen LogP contribution in [0.5, 0.6) is 5.75 Å². The van der Waals surface area contributed by atoms with Gasteiger partial charge in [-0.2, -0.15) is 4.68 Å². The van der Waals surface area contributed by atoms with Crippen molar-refractivity contribution in [1.29, 1.82) is 0 Å². The molecule has 3 aromatic carbocycles. The maximum Gasteiger partial charge on any atom is 0.214 e. The van der Waals surface area contributed by atoms with Crippen LogP contribution in [0.4, 0.5) is 4.39 Å². The molecule has 0 fully saturated rings. The lowest BCUT2D eigenvalue weighted by molar-refractivity contribution is 0.300. The minimum absolute atomic E-state index is 0.0916. The third-order valence-electron chi connectivity index (χ3n) is 4.87. The van der Waals surface area contributed by atoms with E-state index in [0.29, 0.717) is 16.3 Å². The van der Waals surface area contributed by atoms with Crippen molar-refractivity contribution in [2.75, 3.05) is 12.3 Å². The lowest BCUT2D eigenvalue weighted by Gasteiger charge is -2.10. The molecule has 1 aromatic heterocycles. The van der Waals surface area contributed by atoms with Gasteiger partial charge in [0.05, 0.1) is 10.7 Å². The van der Waals surface area contributed by atoms with Crippen LogP contribution in [0.2, 0.25) is 5.02 Å². The van der Waals surface area contributed by atoms with Crippen molar-refractivity contribution < 1.29 is 9.13 Å². The van der Waals surface area contributed by atoms with Crippen LogP contribution in [0.3, 0.4) is 0 Å². The van der Waals surface area contributed by atoms with Gasteiger partial charge in [0.15, 0.2) is 0 Å². The second-order valence-corrected chi connectivity index (χ2v) is 8.69. The highest BCUT2D eigenvalue weighted by atomic mass is 35.5. The Balaban J connectivity index is 1.16. The number of hydrogen-bond donors (Lipinski definition) is 1. The maximum absolute atomic E-state index is 13.8. The van der Waals surface area contributed by atoms with E-state index in [9.17, 15) is 4.39 Å².